The average Bonchev–Trinajstić information content (AvgIpc) is 3.11. The Hall–Kier alpha value is -0.290. The molecule has 1 aromatic heterocycles. The summed E-state index contributed by atoms with van der Waals surface area (Å²) in [4.78, 5) is 9.17. The van der Waals surface area contributed by atoms with E-state index in [1.165, 1.54) is 18.5 Å². The largest absolute Gasteiger partial charge is 0.372 e. The van der Waals surface area contributed by atoms with Gasteiger partial charge in [-0.2, -0.15) is 11.8 Å². The van der Waals surface area contributed by atoms with Crippen LogP contribution in [0.5, 0.6) is 0 Å². The molecular weight excluding hydrogens is 286 g/mol. The van der Waals surface area contributed by atoms with Crippen molar-refractivity contribution in [3.8, 4) is 0 Å². The van der Waals surface area contributed by atoms with E-state index >= 15 is 0 Å². The molecule has 16 heavy (non-hydrogen) atoms. The molecule has 0 bridgehead atoms. The zero-order valence-electron chi connectivity index (χ0n) is 9.59. The van der Waals surface area contributed by atoms with Crippen LogP contribution >= 0.6 is 27.7 Å². The molecular formula is C11H16BrN3S. The fourth-order valence-electron chi connectivity index (χ4n) is 1.56. The van der Waals surface area contributed by atoms with Crippen molar-refractivity contribution in [2.45, 2.75) is 31.4 Å². The van der Waals surface area contributed by atoms with E-state index < -0.39 is 0 Å². The average molecular weight is 302 g/mol. The smallest absolute Gasteiger partial charge is 0.144 e. The summed E-state index contributed by atoms with van der Waals surface area (Å²) in [5.41, 5.74) is 1.19. The van der Waals surface area contributed by atoms with E-state index in [2.05, 4.69) is 38.1 Å². The van der Waals surface area contributed by atoms with Crippen LogP contribution < -0.4 is 5.32 Å². The Morgan fingerprint density at radius 2 is 2.19 bits per heavy atom. The zero-order chi connectivity index (χ0) is 11.5. The molecule has 88 valence electrons. The van der Waals surface area contributed by atoms with Gasteiger partial charge in [0.2, 0.25) is 0 Å². The van der Waals surface area contributed by atoms with Crippen LogP contribution in [0.25, 0.3) is 0 Å². The Balaban J connectivity index is 2.28. The van der Waals surface area contributed by atoms with Crippen molar-refractivity contribution >= 4 is 33.5 Å². The monoisotopic (exact) mass is 301 g/mol. The lowest BCUT2D eigenvalue weighted by Crippen LogP contribution is -2.04. The lowest BCUT2D eigenvalue weighted by molar-refractivity contribution is 0.922. The van der Waals surface area contributed by atoms with Crippen LogP contribution in [-0.4, -0.2) is 22.8 Å². The molecule has 1 aromatic rings. The van der Waals surface area contributed by atoms with E-state index in [4.69, 9.17) is 0 Å². The molecule has 5 heteroatoms. The maximum absolute atomic E-state index is 4.66. The molecule has 0 aromatic carbocycles. The van der Waals surface area contributed by atoms with Gasteiger partial charge in [0.1, 0.15) is 11.6 Å². The molecule has 1 fully saturated rings. The predicted octanol–water partition coefficient (Wildman–Crippen LogP) is 3.41. The first-order valence-electron chi connectivity index (χ1n) is 5.58. The number of nitrogens with zero attached hydrogens (tertiary/aromatic N) is 2. The fraction of sp³-hybridized carbons (Fsp3) is 0.636. The highest BCUT2D eigenvalue weighted by atomic mass is 79.9. The van der Waals surface area contributed by atoms with Crippen molar-refractivity contribution in [2.75, 3.05) is 18.1 Å². The van der Waals surface area contributed by atoms with Crippen LogP contribution in [0.2, 0.25) is 0 Å². The first-order valence-corrected chi connectivity index (χ1v) is 7.52. The van der Waals surface area contributed by atoms with Gasteiger partial charge in [-0.25, -0.2) is 9.97 Å². The lowest BCUT2D eigenvalue weighted by Gasteiger charge is -2.10. The number of hydrogen-bond acceptors (Lipinski definition) is 4. The Kier molecular flexibility index (Phi) is 4.08. The lowest BCUT2D eigenvalue weighted by atomic mass is 10.2. The Labute approximate surface area is 109 Å². The third-order valence-electron chi connectivity index (χ3n) is 2.56. The number of hydrogen-bond donors (Lipinski definition) is 1. The van der Waals surface area contributed by atoms with Crippen LogP contribution in [0.1, 0.15) is 37.2 Å². The highest BCUT2D eigenvalue weighted by Crippen LogP contribution is 2.43. The second kappa shape index (κ2) is 5.36. The molecule has 0 atom stereocenters. The topological polar surface area (TPSA) is 37.8 Å². The van der Waals surface area contributed by atoms with Crippen molar-refractivity contribution < 1.29 is 0 Å². The third-order valence-corrected chi connectivity index (χ3v) is 4.21. The highest BCUT2D eigenvalue weighted by Gasteiger charge is 2.29. The van der Waals surface area contributed by atoms with Gasteiger partial charge in [-0.3, -0.25) is 0 Å². The summed E-state index contributed by atoms with van der Waals surface area (Å²) in [6.07, 6.45) is 2.53. The van der Waals surface area contributed by atoms with Crippen molar-refractivity contribution in [1.82, 2.24) is 9.97 Å². The minimum atomic E-state index is 0.648. The molecule has 0 amide bonds. The molecule has 1 heterocycles. The summed E-state index contributed by atoms with van der Waals surface area (Å²) >= 11 is 5.45. The minimum absolute atomic E-state index is 0.648. The van der Waals surface area contributed by atoms with Crippen LogP contribution in [0.4, 0.5) is 5.82 Å². The minimum Gasteiger partial charge on any atom is -0.372 e. The van der Waals surface area contributed by atoms with E-state index in [1.54, 1.807) is 0 Å². The van der Waals surface area contributed by atoms with E-state index in [9.17, 15) is 0 Å². The number of nitrogens with one attached hydrogen (secondary N) is 1. The van der Waals surface area contributed by atoms with Gasteiger partial charge in [0.05, 0.1) is 15.9 Å². The van der Waals surface area contributed by atoms with E-state index in [0.717, 1.165) is 27.6 Å². The van der Waals surface area contributed by atoms with E-state index in [0.29, 0.717) is 5.92 Å². The molecule has 0 aliphatic heterocycles. The molecule has 0 unspecified atom stereocenters. The molecule has 3 nitrogen and oxygen atoms in total. The number of rotatable bonds is 5. The van der Waals surface area contributed by atoms with Gasteiger partial charge < -0.3 is 5.32 Å². The van der Waals surface area contributed by atoms with E-state index in [-0.39, 0.29) is 0 Å². The third kappa shape index (κ3) is 2.69. The Bertz CT molecular complexity index is 380. The van der Waals surface area contributed by atoms with Crippen molar-refractivity contribution in [2.24, 2.45) is 0 Å². The second-order valence-corrected chi connectivity index (χ2v) is 5.92. The number of anilines is 1. The first-order chi connectivity index (χ1) is 7.76. The molecule has 1 N–H and O–H groups in total. The number of thioether (sulfide) groups is 1. The summed E-state index contributed by atoms with van der Waals surface area (Å²) in [6.45, 7) is 2.16. The number of halogens is 1. The molecule has 0 radical (unpaired) electrons. The van der Waals surface area contributed by atoms with Crippen molar-refractivity contribution in [1.29, 1.82) is 0 Å². The fourth-order valence-corrected chi connectivity index (χ4v) is 2.78. The van der Waals surface area contributed by atoms with Crippen LogP contribution in [0.3, 0.4) is 0 Å². The summed E-state index contributed by atoms with van der Waals surface area (Å²) in [5.74, 6) is 4.52. The van der Waals surface area contributed by atoms with Crippen LogP contribution in [-0.2, 0) is 5.75 Å². The summed E-state index contributed by atoms with van der Waals surface area (Å²) < 4.78 is 1.04. The Morgan fingerprint density at radius 3 is 2.75 bits per heavy atom. The molecule has 0 spiro atoms. The summed E-state index contributed by atoms with van der Waals surface area (Å²) in [5, 5.41) is 3.13. The van der Waals surface area contributed by atoms with Gasteiger partial charge in [0, 0.05) is 13.0 Å². The van der Waals surface area contributed by atoms with Crippen LogP contribution in [0.15, 0.2) is 4.47 Å². The van der Waals surface area contributed by atoms with Gasteiger partial charge in [-0.15, -0.1) is 0 Å². The standard InChI is InChI=1S/C11H16BrN3S/c1-3-16-6-8-14-10(7-4-5-7)9(12)11(13-2)15-8/h7H,3-6H2,1-2H3,(H,13,14,15). The van der Waals surface area contributed by atoms with Gasteiger partial charge in [-0.05, 0) is 34.5 Å². The normalized spacial score (nSPS) is 15.2. The zero-order valence-corrected chi connectivity index (χ0v) is 12.0. The molecule has 0 saturated heterocycles. The predicted molar refractivity (Wildman–Crippen MR) is 73.1 cm³/mol. The van der Waals surface area contributed by atoms with Crippen molar-refractivity contribution in [3.05, 3.63) is 16.0 Å². The van der Waals surface area contributed by atoms with Gasteiger partial charge in [-0.1, -0.05) is 6.92 Å². The Morgan fingerprint density at radius 1 is 1.44 bits per heavy atom. The van der Waals surface area contributed by atoms with Gasteiger partial charge in [0.15, 0.2) is 0 Å². The van der Waals surface area contributed by atoms with Gasteiger partial charge >= 0.3 is 0 Å². The SMILES string of the molecule is CCSCc1nc(NC)c(Br)c(C2CC2)n1. The van der Waals surface area contributed by atoms with E-state index in [1.807, 2.05) is 18.8 Å². The van der Waals surface area contributed by atoms with Crippen LogP contribution in [0, 0.1) is 0 Å². The maximum atomic E-state index is 4.66. The molecule has 1 aliphatic rings. The van der Waals surface area contributed by atoms with Crippen molar-refractivity contribution in [3.63, 3.8) is 0 Å². The summed E-state index contributed by atoms with van der Waals surface area (Å²) in [6, 6.07) is 0. The van der Waals surface area contributed by atoms with Gasteiger partial charge in [0.25, 0.3) is 0 Å². The quantitative estimate of drug-likeness (QED) is 0.904. The molecule has 1 saturated carbocycles. The molecule has 1 aliphatic carbocycles. The highest BCUT2D eigenvalue weighted by molar-refractivity contribution is 9.10. The first kappa shape index (κ1) is 12.2. The maximum Gasteiger partial charge on any atom is 0.144 e. The second-order valence-electron chi connectivity index (χ2n) is 3.85. The number of aromatic nitrogens is 2. The summed E-state index contributed by atoms with van der Waals surface area (Å²) in [7, 11) is 1.90. The molecule has 2 rings (SSSR count).